The normalized spacial score (nSPS) is 11.2. The van der Waals surface area contributed by atoms with E-state index in [0.717, 1.165) is 25.3 Å². The van der Waals surface area contributed by atoms with E-state index in [4.69, 9.17) is 0 Å². The third-order valence-corrected chi connectivity index (χ3v) is 2.17. The molecular formula is C12H22N4. The van der Waals surface area contributed by atoms with E-state index in [1.807, 2.05) is 13.0 Å². The molecular weight excluding hydrogens is 200 g/mol. The first-order chi connectivity index (χ1) is 7.51. The lowest BCUT2D eigenvalue weighted by atomic mass is 9.92. The number of hydrogen-bond donors (Lipinski definition) is 2. The zero-order chi connectivity index (χ0) is 12.0. The summed E-state index contributed by atoms with van der Waals surface area (Å²) in [5, 5.41) is 6.40. The van der Waals surface area contributed by atoms with Gasteiger partial charge in [-0.3, -0.25) is 0 Å². The molecule has 0 aromatic carbocycles. The molecule has 0 aliphatic carbocycles. The van der Waals surface area contributed by atoms with Crippen molar-refractivity contribution >= 4 is 11.8 Å². The molecule has 4 nitrogen and oxygen atoms in total. The van der Waals surface area contributed by atoms with Crippen molar-refractivity contribution < 1.29 is 0 Å². The second kappa shape index (κ2) is 5.68. The molecule has 1 aromatic rings. The molecule has 0 aliphatic heterocycles. The van der Waals surface area contributed by atoms with Crippen LogP contribution in [-0.4, -0.2) is 23.1 Å². The van der Waals surface area contributed by atoms with Gasteiger partial charge in [-0.2, -0.15) is 4.98 Å². The molecule has 0 fully saturated rings. The largest absolute Gasteiger partial charge is 0.370 e. The Morgan fingerprint density at radius 2 is 2.00 bits per heavy atom. The van der Waals surface area contributed by atoms with Gasteiger partial charge in [-0.1, -0.05) is 20.8 Å². The minimum Gasteiger partial charge on any atom is -0.370 e. The molecule has 0 atom stereocenters. The van der Waals surface area contributed by atoms with Crippen LogP contribution in [0.5, 0.6) is 0 Å². The van der Waals surface area contributed by atoms with Crippen molar-refractivity contribution in [2.75, 3.05) is 23.7 Å². The molecule has 16 heavy (non-hydrogen) atoms. The van der Waals surface area contributed by atoms with Gasteiger partial charge in [0.05, 0.1) is 0 Å². The SMILES string of the molecule is CCNc1nccc(NCCC(C)(C)C)n1. The number of nitrogens with one attached hydrogen (secondary N) is 2. The Morgan fingerprint density at radius 3 is 2.62 bits per heavy atom. The number of rotatable bonds is 5. The summed E-state index contributed by atoms with van der Waals surface area (Å²) in [7, 11) is 0. The van der Waals surface area contributed by atoms with E-state index in [9.17, 15) is 0 Å². The van der Waals surface area contributed by atoms with Gasteiger partial charge in [0, 0.05) is 19.3 Å². The molecule has 0 spiro atoms. The maximum absolute atomic E-state index is 4.35. The van der Waals surface area contributed by atoms with Crippen LogP contribution in [-0.2, 0) is 0 Å². The molecule has 0 bridgehead atoms. The Bertz CT molecular complexity index is 317. The number of hydrogen-bond acceptors (Lipinski definition) is 4. The van der Waals surface area contributed by atoms with Gasteiger partial charge in [0.1, 0.15) is 5.82 Å². The highest BCUT2D eigenvalue weighted by Crippen LogP contribution is 2.18. The fourth-order valence-electron chi connectivity index (χ4n) is 1.27. The molecule has 0 aliphatic rings. The van der Waals surface area contributed by atoms with Crippen molar-refractivity contribution in [3.8, 4) is 0 Å². The van der Waals surface area contributed by atoms with E-state index in [0.29, 0.717) is 11.4 Å². The minimum absolute atomic E-state index is 0.352. The van der Waals surface area contributed by atoms with Gasteiger partial charge in [-0.25, -0.2) is 4.98 Å². The second-order valence-electron chi connectivity index (χ2n) is 5.03. The third-order valence-electron chi connectivity index (χ3n) is 2.17. The molecule has 1 aromatic heterocycles. The van der Waals surface area contributed by atoms with Gasteiger partial charge < -0.3 is 10.6 Å². The number of nitrogens with zero attached hydrogens (tertiary/aromatic N) is 2. The summed E-state index contributed by atoms with van der Waals surface area (Å²) in [5.74, 6) is 1.57. The van der Waals surface area contributed by atoms with E-state index in [1.165, 1.54) is 0 Å². The van der Waals surface area contributed by atoms with Crippen LogP contribution in [0.15, 0.2) is 12.3 Å². The van der Waals surface area contributed by atoms with Gasteiger partial charge in [-0.05, 0) is 24.8 Å². The summed E-state index contributed by atoms with van der Waals surface area (Å²) in [5.41, 5.74) is 0.352. The average Bonchev–Trinajstić information content (AvgIpc) is 2.17. The lowest BCUT2D eigenvalue weighted by Crippen LogP contribution is -2.14. The Balaban J connectivity index is 2.44. The molecule has 2 N–H and O–H groups in total. The zero-order valence-corrected chi connectivity index (χ0v) is 10.7. The highest BCUT2D eigenvalue weighted by Gasteiger charge is 2.09. The summed E-state index contributed by atoms with van der Waals surface area (Å²) < 4.78 is 0. The van der Waals surface area contributed by atoms with Gasteiger partial charge in [0.15, 0.2) is 0 Å². The van der Waals surface area contributed by atoms with Gasteiger partial charge in [0.25, 0.3) is 0 Å². The quantitative estimate of drug-likeness (QED) is 0.804. The van der Waals surface area contributed by atoms with Gasteiger partial charge >= 0.3 is 0 Å². The average molecular weight is 222 g/mol. The summed E-state index contributed by atoms with van der Waals surface area (Å²) >= 11 is 0. The van der Waals surface area contributed by atoms with Gasteiger partial charge in [0.2, 0.25) is 5.95 Å². The third kappa shape index (κ3) is 4.96. The molecule has 0 amide bonds. The topological polar surface area (TPSA) is 49.8 Å². The summed E-state index contributed by atoms with van der Waals surface area (Å²) in [6, 6.07) is 1.89. The van der Waals surface area contributed by atoms with Crippen LogP contribution in [0.4, 0.5) is 11.8 Å². The van der Waals surface area contributed by atoms with Crippen molar-refractivity contribution in [3.63, 3.8) is 0 Å². The number of anilines is 2. The maximum Gasteiger partial charge on any atom is 0.224 e. The van der Waals surface area contributed by atoms with E-state index >= 15 is 0 Å². The van der Waals surface area contributed by atoms with Crippen LogP contribution in [0.25, 0.3) is 0 Å². The van der Waals surface area contributed by atoms with Crippen molar-refractivity contribution in [2.24, 2.45) is 5.41 Å². The summed E-state index contributed by atoms with van der Waals surface area (Å²) in [6.45, 7) is 10.5. The number of aromatic nitrogens is 2. The van der Waals surface area contributed by atoms with Crippen LogP contribution in [0.1, 0.15) is 34.1 Å². The highest BCUT2D eigenvalue weighted by molar-refractivity contribution is 5.39. The Morgan fingerprint density at radius 1 is 1.25 bits per heavy atom. The van der Waals surface area contributed by atoms with Crippen molar-refractivity contribution in [1.82, 2.24) is 9.97 Å². The zero-order valence-electron chi connectivity index (χ0n) is 10.7. The molecule has 0 radical (unpaired) electrons. The van der Waals surface area contributed by atoms with E-state index in [2.05, 4.69) is 41.4 Å². The lowest BCUT2D eigenvalue weighted by Gasteiger charge is -2.18. The summed E-state index contributed by atoms with van der Waals surface area (Å²) in [6.07, 6.45) is 2.89. The molecule has 90 valence electrons. The van der Waals surface area contributed by atoms with Crippen LogP contribution < -0.4 is 10.6 Å². The van der Waals surface area contributed by atoms with E-state index in [-0.39, 0.29) is 0 Å². The van der Waals surface area contributed by atoms with Crippen molar-refractivity contribution in [2.45, 2.75) is 34.1 Å². The van der Waals surface area contributed by atoms with E-state index in [1.54, 1.807) is 6.20 Å². The Hall–Kier alpha value is -1.32. The van der Waals surface area contributed by atoms with Crippen LogP contribution >= 0.6 is 0 Å². The highest BCUT2D eigenvalue weighted by atomic mass is 15.1. The first kappa shape index (κ1) is 12.7. The van der Waals surface area contributed by atoms with Crippen LogP contribution in [0.3, 0.4) is 0 Å². The standard InChI is InChI=1S/C12H22N4/c1-5-13-11-15-8-6-10(16-11)14-9-7-12(2,3)4/h6,8H,5,7,9H2,1-4H3,(H2,13,14,15,16). The second-order valence-corrected chi connectivity index (χ2v) is 5.03. The smallest absolute Gasteiger partial charge is 0.224 e. The minimum atomic E-state index is 0.352. The fourth-order valence-corrected chi connectivity index (χ4v) is 1.27. The van der Waals surface area contributed by atoms with Gasteiger partial charge in [-0.15, -0.1) is 0 Å². The molecule has 0 unspecified atom stereocenters. The van der Waals surface area contributed by atoms with Crippen molar-refractivity contribution in [3.05, 3.63) is 12.3 Å². The first-order valence-corrected chi connectivity index (χ1v) is 5.82. The lowest BCUT2D eigenvalue weighted by molar-refractivity contribution is 0.389. The molecule has 4 heteroatoms. The molecule has 0 saturated heterocycles. The van der Waals surface area contributed by atoms with Crippen molar-refractivity contribution in [1.29, 1.82) is 0 Å². The van der Waals surface area contributed by atoms with Crippen LogP contribution in [0.2, 0.25) is 0 Å². The molecule has 1 heterocycles. The molecule has 0 saturated carbocycles. The predicted molar refractivity (Wildman–Crippen MR) is 68.8 cm³/mol. The Labute approximate surface area is 97.9 Å². The molecule has 1 rings (SSSR count). The summed E-state index contributed by atoms with van der Waals surface area (Å²) in [4.78, 5) is 8.47. The fraction of sp³-hybridized carbons (Fsp3) is 0.667. The monoisotopic (exact) mass is 222 g/mol. The predicted octanol–water partition coefficient (Wildman–Crippen LogP) is 2.76. The Kier molecular flexibility index (Phi) is 4.52. The first-order valence-electron chi connectivity index (χ1n) is 5.82. The van der Waals surface area contributed by atoms with E-state index < -0.39 is 0 Å². The maximum atomic E-state index is 4.35. The van der Waals surface area contributed by atoms with Crippen LogP contribution in [0, 0.1) is 5.41 Å².